The summed E-state index contributed by atoms with van der Waals surface area (Å²) in [5.41, 5.74) is 1.10. The summed E-state index contributed by atoms with van der Waals surface area (Å²) in [7, 11) is 3.40. The number of hydrogen-bond donors (Lipinski definition) is 2. The van der Waals surface area contributed by atoms with Gasteiger partial charge in [-0.05, 0) is 36.2 Å². The Kier molecular flexibility index (Phi) is 8.99. The minimum Gasteiger partial charge on any atom is -0.497 e. The monoisotopic (exact) mass is 499 g/mol. The van der Waals surface area contributed by atoms with Gasteiger partial charge in [-0.3, -0.25) is 4.99 Å². The summed E-state index contributed by atoms with van der Waals surface area (Å²) in [6.07, 6.45) is 0.849. The highest BCUT2D eigenvalue weighted by Crippen LogP contribution is 2.32. The number of benzene rings is 2. The van der Waals surface area contributed by atoms with E-state index in [1.54, 1.807) is 14.2 Å². The van der Waals surface area contributed by atoms with Crippen LogP contribution < -0.4 is 29.6 Å². The predicted octanol–water partition coefficient (Wildman–Crippen LogP) is 3.18. The van der Waals surface area contributed by atoms with Crippen molar-refractivity contribution in [3.8, 4) is 23.0 Å². The number of rotatable bonds is 8. The first-order valence-electron chi connectivity index (χ1n) is 8.88. The summed E-state index contributed by atoms with van der Waals surface area (Å²) < 4.78 is 21.6. The number of fused-ring (bicyclic) bond motifs is 1. The van der Waals surface area contributed by atoms with E-state index in [0.717, 1.165) is 47.5 Å². The van der Waals surface area contributed by atoms with Crippen LogP contribution in [0.5, 0.6) is 23.0 Å². The lowest BCUT2D eigenvalue weighted by Crippen LogP contribution is -2.37. The maximum atomic E-state index is 5.73. The molecule has 0 amide bonds. The van der Waals surface area contributed by atoms with E-state index in [2.05, 4.69) is 15.6 Å². The molecule has 3 rings (SSSR count). The zero-order valence-electron chi connectivity index (χ0n) is 16.1. The molecule has 152 valence electrons. The number of hydrogen-bond acceptors (Lipinski definition) is 5. The van der Waals surface area contributed by atoms with Crippen LogP contribution in [-0.4, -0.2) is 40.1 Å². The molecule has 1 aliphatic heterocycles. The van der Waals surface area contributed by atoms with E-state index in [1.165, 1.54) is 0 Å². The molecule has 1 aliphatic rings. The topological polar surface area (TPSA) is 73.3 Å². The van der Waals surface area contributed by atoms with Gasteiger partial charge in [0.1, 0.15) is 11.5 Å². The maximum Gasteiger partial charge on any atom is 0.231 e. The van der Waals surface area contributed by atoms with Crippen LogP contribution in [0.3, 0.4) is 0 Å². The highest BCUT2D eigenvalue weighted by molar-refractivity contribution is 14.0. The molecule has 8 heteroatoms. The second-order valence-electron chi connectivity index (χ2n) is 5.92. The van der Waals surface area contributed by atoms with Gasteiger partial charge >= 0.3 is 0 Å². The first-order chi connectivity index (χ1) is 13.3. The Balaban J connectivity index is 0.00000280. The summed E-state index contributed by atoms with van der Waals surface area (Å²) in [6.45, 7) is 2.30. The van der Waals surface area contributed by atoms with Crippen LogP contribution in [0.25, 0.3) is 0 Å². The van der Waals surface area contributed by atoms with Crippen molar-refractivity contribution in [2.75, 3.05) is 34.1 Å². The molecule has 0 fully saturated rings. The molecule has 0 spiro atoms. The molecule has 0 aromatic heterocycles. The molecule has 0 saturated heterocycles. The summed E-state index contributed by atoms with van der Waals surface area (Å²) in [5, 5.41) is 6.56. The van der Waals surface area contributed by atoms with Crippen LogP contribution in [0.2, 0.25) is 0 Å². The van der Waals surface area contributed by atoms with E-state index in [1.807, 2.05) is 42.5 Å². The normalized spacial score (nSPS) is 12.1. The van der Waals surface area contributed by atoms with Crippen molar-refractivity contribution in [1.29, 1.82) is 0 Å². The minimum absolute atomic E-state index is 0. The zero-order valence-corrected chi connectivity index (χ0v) is 18.4. The second kappa shape index (κ2) is 11.5. The van der Waals surface area contributed by atoms with E-state index < -0.39 is 0 Å². The number of halogens is 1. The lowest BCUT2D eigenvalue weighted by atomic mass is 10.2. The van der Waals surface area contributed by atoms with Crippen LogP contribution in [0, 0.1) is 0 Å². The fourth-order valence-electron chi connectivity index (χ4n) is 2.62. The molecular formula is C20H26IN3O4. The third-order valence-corrected chi connectivity index (χ3v) is 4.04. The molecule has 1 heterocycles. The quantitative estimate of drug-likeness (QED) is 0.252. The summed E-state index contributed by atoms with van der Waals surface area (Å²) in [6, 6.07) is 13.5. The van der Waals surface area contributed by atoms with Gasteiger partial charge < -0.3 is 29.6 Å². The summed E-state index contributed by atoms with van der Waals surface area (Å²) in [4.78, 5) is 4.24. The van der Waals surface area contributed by atoms with E-state index in [4.69, 9.17) is 18.9 Å². The number of methoxy groups -OCH3 is 1. The van der Waals surface area contributed by atoms with Crippen molar-refractivity contribution in [3.05, 3.63) is 48.0 Å². The summed E-state index contributed by atoms with van der Waals surface area (Å²) in [5.74, 6) is 3.91. The van der Waals surface area contributed by atoms with Gasteiger partial charge in [0.05, 0.1) is 13.7 Å². The van der Waals surface area contributed by atoms with Crippen LogP contribution in [-0.2, 0) is 6.54 Å². The molecule has 0 saturated carbocycles. The Morgan fingerprint density at radius 3 is 2.71 bits per heavy atom. The molecule has 0 radical (unpaired) electrons. The Morgan fingerprint density at radius 1 is 1.07 bits per heavy atom. The summed E-state index contributed by atoms with van der Waals surface area (Å²) >= 11 is 0. The van der Waals surface area contributed by atoms with Crippen molar-refractivity contribution >= 4 is 29.9 Å². The van der Waals surface area contributed by atoms with Crippen LogP contribution >= 0.6 is 24.0 Å². The van der Waals surface area contributed by atoms with Crippen molar-refractivity contribution in [1.82, 2.24) is 10.6 Å². The van der Waals surface area contributed by atoms with Crippen LogP contribution in [0.1, 0.15) is 12.0 Å². The fourth-order valence-corrected chi connectivity index (χ4v) is 2.62. The Bertz CT molecular complexity index is 786. The number of ether oxygens (including phenoxy) is 4. The van der Waals surface area contributed by atoms with Gasteiger partial charge in [0.25, 0.3) is 0 Å². The van der Waals surface area contributed by atoms with Gasteiger partial charge in [-0.1, -0.05) is 12.1 Å². The Labute approximate surface area is 182 Å². The lowest BCUT2D eigenvalue weighted by Gasteiger charge is -2.13. The molecule has 0 aliphatic carbocycles. The standard InChI is InChI=1S/C20H25N3O4.HI/c1-21-20(23-13-15-7-8-18-19(11-15)27-14-26-18)22-9-4-10-25-17-6-3-5-16(12-17)24-2;/h3,5-8,11-12H,4,9-10,13-14H2,1-2H3,(H2,21,22,23);1H. The highest BCUT2D eigenvalue weighted by Gasteiger charge is 2.13. The molecule has 2 aromatic carbocycles. The van der Waals surface area contributed by atoms with Crippen molar-refractivity contribution in [3.63, 3.8) is 0 Å². The number of nitrogens with zero attached hydrogens (tertiary/aromatic N) is 1. The van der Waals surface area contributed by atoms with Gasteiger partial charge in [-0.25, -0.2) is 0 Å². The predicted molar refractivity (Wildman–Crippen MR) is 119 cm³/mol. The molecular weight excluding hydrogens is 473 g/mol. The molecule has 0 atom stereocenters. The van der Waals surface area contributed by atoms with E-state index in [-0.39, 0.29) is 30.8 Å². The van der Waals surface area contributed by atoms with Gasteiger partial charge in [0.2, 0.25) is 6.79 Å². The molecule has 28 heavy (non-hydrogen) atoms. The average molecular weight is 499 g/mol. The van der Waals surface area contributed by atoms with Gasteiger partial charge in [0, 0.05) is 26.2 Å². The number of aliphatic imine (C=N–C) groups is 1. The Morgan fingerprint density at radius 2 is 1.89 bits per heavy atom. The zero-order chi connectivity index (χ0) is 18.9. The van der Waals surface area contributed by atoms with Gasteiger partial charge in [0.15, 0.2) is 17.5 Å². The van der Waals surface area contributed by atoms with Crippen molar-refractivity contribution in [2.24, 2.45) is 4.99 Å². The number of guanidine groups is 1. The smallest absolute Gasteiger partial charge is 0.231 e. The molecule has 2 N–H and O–H groups in total. The first kappa shape index (κ1) is 21.9. The molecule has 0 unspecified atom stereocenters. The molecule has 2 aromatic rings. The van der Waals surface area contributed by atoms with E-state index >= 15 is 0 Å². The van der Waals surface area contributed by atoms with Crippen LogP contribution in [0.15, 0.2) is 47.5 Å². The second-order valence-corrected chi connectivity index (χ2v) is 5.92. The largest absolute Gasteiger partial charge is 0.497 e. The van der Waals surface area contributed by atoms with Crippen LogP contribution in [0.4, 0.5) is 0 Å². The van der Waals surface area contributed by atoms with Crippen molar-refractivity contribution < 1.29 is 18.9 Å². The van der Waals surface area contributed by atoms with E-state index in [0.29, 0.717) is 13.2 Å². The lowest BCUT2D eigenvalue weighted by molar-refractivity contribution is 0.174. The van der Waals surface area contributed by atoms with E-state index in [9.17, 15) is 0 Å². The average Bonchev–Trinajstić information content (AvgIpc) is 3.18. The third kappa shape index (κ3) is 6.36. The fraction of sp³-hybridized carbons (Fsp3) is 0.350. The molecule has 0 bridgehead atoms. The SMILES string of the molecule is CN=C(NCCCOc1cccc(OC)c1)NCc1ccc2c(c1)OCO2.I. The Hall–Kier alpha value is -2.36. The van der Waals surface area contributed by atoms with Crippen molar-refractivity contribution in [2.45, 2.75) is 13.0 Å². The van der Waals surface area contributed by atoms with Gasteiger partial charge in [-0.2, -0.15) is 0 Å². The maximum absolute atomic E-state index is 5.73. The third-order valence-electron chi connectivity index (χ3n) is 4.04. The minimum atomic E-state index is 0. The number of nitrogens with one attached hydrogen (secondary N) is 2. The molecule has 7 nitrogen and oxygen atoms in total. The first-order valence-corrected chi connectivity index (χ1v) is 8.88. The van der Waals surface area contributed by atoms with Gasteiger partial charge in [-0.15, -0.1) is 24.0 Å². The highest BCUT2D eigenvalue weighted by atomic mass is 127.